The lowest BCUT2D eigenvalue weighted by atomic mass is 9.76. The first-order chi connectivity index (χ1) is 13.1. The van der Waals surface area contributed by atoms with Gasteiger partial charge in [-0.2, -0.15) is 0 Å². The SMILES string of the molecule is CC1CCCC2[NH2+]C(CN3C[C@@H]4C[C@@H](C3)C3CCCC(=O)N3C4)CC(=O)N12. The molecule has 2 amide bonds. The molecule has 5 aliphatic rings. The summed E-state index contributed by atoms with van der Waals surface area (Å²) >= 11 is 0. The van der Waals surface area contributed by atoms with Crippen LogP contribution in [0.25, 0.3) is 0 Å². The first-order valence-corrected chi connectivity index (χ1v) is 11.3. The minimum absolute atomic E-state index is 0.371. The van der Waals surface area contributed by atoms with Gasteiger partial charge in [-0.05, 0) is 50.9 Å². The molecule has 0 aliphatic carbocycles. The van der Waals surface area contributed by atoms with Gasteiger partial charge in [0, 0.05) is 44.6 Å². The zero-order valence-electron chi connectivity index (χ0n) is 16.7. The second kappa shape index (κ2) is 7.03. The Bertz CT molecular complexity index is 611. The van der Waals surface area contributed by atoms with E-state index in [-0.39, 0.29) is 0 Å². The van der Waals surface area contributed by atoms with Gasteiger partial charge in [0.05, 0.1) is 13.0 Å². The molecule has 0 radical (unpaired) electrons. The van der Waals surface area contributed by atoms with Crippen molar-refractivity contribution in [2.45, 2.75) is 82.6 Å². The van der Waals surface area contributed by atoms with E-state index < -0.39 is 0 Å². The van der Waals surface area contributed by atoms with Crippen molar-refractivity contribution in [2.24, 2.45) is 11.8 Å². The molecular formula is C21H35N4O2+. The molecule has 5 aliphatic heterocycles. The predicted octanol–water partition coefficient (Wildman–Crippen LogP) is 0.382. The lowest BCUT2D eigenvalue weighted by Gasteiger charge is -2.53. The fourth-order valence-electron chi connectivity index (χ4n) is 6.88. The fourth-order valence-corrected chi connectivity index (χ4v) is 6.88. The molecule has 27 heavy (non-hydrogen) atoms. The predicted molar refractivity (Wildman–Crippen MR) is 102 cm³/mol. The van der Waals surface area contributed by atoms with Crippen molar-refractivity contribution in [3.05, 3.63) is 0 Å². The summed E-state index contributed by atoms with van der Waals surface area (Å²) in [6.45, 7) is 6.45. The van der Waals surface area contributed by atoms with Crippen molar-refractivity contribution >= 4 is 11.8 Å². The molecule has 5 saturated heterocycles. The van der Waals surface area contributed by atoms with Crippen LogP contribution in [0.5, 0.6) is 0 Å². The van der Waals surface area contributed by atoms with E-state index in [4.69, 9.17) is 0 Å². The third-order valence-corrected chi connectivity index (χ3v) is 7.92. The Balaban J connectivity index is 1.22. The molecule has 6 nitrogen and oxygen atoms in total. The summed E-state index contributed by atoms with van der Waals surface area (Å²) in [5.41, 5.74) is 0. The number of carbonyl (C=O) groups excluding carboxylic acids is 2. The Hall–Kier alpha value is -1.14. The van der Waals surface area contributed by atoms with Crippen molar-refractivity contribution in [1.82, 2.24) is 14.7 Å². The highest BCUT2D eigenvalue weighted by molar-refractivity contribution is 5.78. The minimum Gasteiger partial charge on any atom is -0.339 e. The minimum atomic E-state index is 0.371. The summed E-state index contributed by atoms with van der Waals surface area (Å²) < 4.78 is 0. The van der Waals surface area contributed by atoms with Crippen molar-refractivity contribution < 1.29 is 14.9 Å². The fraction of sp³-hybridized carbons (Fsp3) is 0.905. The molecule has 6 atom stereocenters. The summed E-state index contributed by atoms with van der Waals surface area (Å²) in [5.74, 6) is 2.05. The largest absolute Gasteiger partial charge is 0.339 e. The van der Waals surface area contributed by atoms with Gasteiger partial charge in [-0.3, -0.25) is 19.4 Å². The molecule has 4 unspecified atom stereocenters. The molecule has 2 bridgehead atoms. The van der Waals surface area contributed by atoms with E-state index in [0.29, 0.717) is 54.4 Å². The molecule has 0 aromatic heterocycles. The van der Waals surface area contributed by atoms with Crippen LogP contribution in [0.1, 0.15) is 58.3 Å². The number of piperidine rings is 4. The number of nitrogens with two attached hydrogens (primary N) is 1. The molecule has 6 heteroatoms. The maximum absolute atomic E-state index is 12.8. The van der Waals surface area contributed by atoms with Gasteiger partial charge in [0.2, 0.25) is 11.8 Å². The maximum Gasteiger partial charge on any atom is 0.233 e. The summed E-state index contributed by atoms with van der Waals surface area (Å²) in [4.78, 5) is 32.1. The molecule has 5 rings (SSSR count). The first kappa shape index (κ1) is 17.9. The van der Waals surface area contributed by atoms with Gasteiger partial charge in [-0.15, -0.1) is 0 Å². The zero-order valence-corrected chi connectivity index (χ0v) is 16.7. The van der Waals surface area contributed by atoms with Crippen LogP contribution in [0, 0.1) is 11.8 Å². The van der Waals surface area contributed by atoms with Crippen molar-refractivity contribution in [2.75, 3.05) is 26.2 Å². The Kier molecular flexibility index (Phi) is 4.67. The molecule has 150 valence electrons. The number of fused-ring (bicyclic) bond motifs is 5. The van der Waals surface area contributed by atoms with Crippen LogP contribution >= 0.6 is 0 Å². The highest BCUT2D eigenvalue weighted by Gasteiger charge is 2.46. The van der Waals surface area contributed by atoms with E-state index >= 15 is 0 Å². The molecule has 2 N–H and O–H groups in total. The molecule has 0 aromatic rings. The normalized spacial score (nSPS) is 42.7. The number of amides is 2. The van der Waals surface area contributed by atoms with Crippen molar-refractivity contribution in [3.8, 4) is 0 Å². The topological polar surface area (TPSA) is 60.5 Å². The van der Waals surface area contributed by atoms with Crippen LogP contribution in [-0.4, -0.2) is 77.0 Å². The van der Waals surface area contributed by atoms with E-state index in [0.717, 1.165) is 51.9 Å². The van der Waals surface area contributed by atoms with Crippen molar-refractivity contribution in [1.29, 1.82) is 0 Å². The zero-order chi connectivity index (χ0) is 18.5. The van der Waals surface area contributed by atoms with Crippen molar-refractivity contribution in [3.63, 3.8) is 0 Å². The third kappa shape index (κ3) is 3.29. The quantitative estimate of drug-likeness (QED) is 0.759. The Morgan fingerprint density at radius 2 is 1.93 bits per heavy atom. The third-order valence-electron chi connectivity index (χ3n) is 7.92. The summed E-state index contributed by atoms with van der Waals surface area (Å²) in [6.07, 6.45) is 8.95. The molecule has 5 heterocycles. The van der Waals surface area contributed by atoms with E-state index in [2.05, 4.69) is 26.9 Å². The van der Waals surface area contributed by atoms with Gasteiger partial charge in [0.15, 0.2) is 6.17 Å². The van der Waals surface area contributed by atoms with Crippen LogP contribution in [0.3, 0.4) is 0 Å². The monoisotopic (exact) mass is 375 g/mol. The van der Waals surface area contributed by atoms with Crippen LogP contribution in [0.15, 0.2) is 0 Å². The summed E-state index contributed by atoms with van der Waals surface area (Å²) in [7, 11) is 0. The second-order valence-electron chi connectivity index (χ2n) is 9.89. The van der Waals surface area contributed by atoms with Crippen LogP contribution < -0.4 is 5.32 Å². The van der Waals surface area contributed by atoms with E-state index in [1.165, 1.54) is 19.3 Å². The van der Waals surface area contributed by atoms with Gasteiger partial charge in [-0.1, -0.05) is 0 Å². The maximum atomic E-state index is 12.8. The van der Waals surface area contributed by atoms with E-state index in [1.54, 1.807) is 0 Å². The summed E-state index contributed by atoms with van der Waals surface area (Å²) in [6, 6.07) is 1.31. The molecule has 0 spiro atoms. The summed E-state index contributed by atoms with van der Waals surface area (Å²) in [5, 5.41) is 2.50. The number of likely N-dealkylation sites (tertiary alicyclic amines) is 1. The van der Waals surface area contributed by atoms with Gasteiger partial charge >= 0.3 is 0 Å². The second-order valence-corrected chi connectivity index (χ2v) is 9.89. The Labute approximate surface area is 162 Å². The van der Waals surface area contributed by atoms with Gasteiger partial charge < -0.3 is 10.2 Å². The average Bonchev–Trinajstić information content (AvgIpc) is 2.62. The number of hydrogen-bond acceptors (Lipinski definition) is 3. The molecule has 5 fully saturated rings. The van der Waals surface area contributed by atoms with Crippen LogP contribution in [0.4, 0.5) is 0 Å². The molecule has 0 aromatic carbocycles. The smallest absolute Gasteiger partial charge is 0.233 e. The number of hydrogen-bond donors (Lipinski definition) is 1. The lowest BCUT2D eigenvalue weighted by Crippen LogP contribution is -3.02. The molecule has 0 saturated carbocycles. The average molecular weight is 376 g/mol. The van der Waals surface area contributed by atoms with Gasteiger partial charge in [0.25, 0.3) is 0 Å². The number of nitrogens with zero attached hydrogens (tertiary/aromatic N) is 3. The Morgan fingerprint density at radius 3 is 2.81 bits per heavy atom. The van der Waals surface area contributed by atoms with Crippen LogP contribution in [0.2, 0.25) is 0 Å². The molecular weight excluding hydrogens is 340 g/mol. The highest BCUT2D eigenvalue weighted by Crippen LogP contribution is 2.38. The standard InChI is InChI=1S/C21H34N4O2/c1-14-4-2-6-19-22-17(9-21(27)25(14)19)13-23-10-15-8-16(12-23)18-5-3-7-20(26)24(18)11-15/h14-19,22H,2-13H2,1H3/p+1/t14?,15-,16-,17?,18?,19?/m0/s1. The first-order valence-electron chi connectivity index (χ1n) is 11.3. The van der Waals surface area contributed by atoms with Gasteiger partial charge in [-0.25, -0.2) is 0 Å². The van der Waals surface area contributed by atoms with Gasteiger partial charge in [0.1, 0.15) is 6.04 Å². The van der Waals surface area contributed by atoms with Crippen LogP contribution in [-0.2, 0) is 9.59 Å². The van der Waals surface area contributed by atoms with E-state index in [9.17, 15) is 9.59 Å². The number of quaternary nitrogens is 1. The number of carbonyl (C=O) groups is 2. The van der Waals surface area contributed by atoms with E-state index in [1.807, 2.05) is 0 Å². The lowest BCUT2D eigenvalue weighted by molar-refractivity contribution is -0.745. The highest BCUT2D eigenvalue weighted by atomic mass is 16.2. The Morgan fingerprint density at radius 1 is 1.04 bits per heavy atom. The number of rotatable bonds is 2.